The van der Waals surface area contributed by atoms with E-state index in [0.29, 0.717) is 12.8 Å². The Labute approximate surface area is 140 Å². The van der Waals surface area contributed by atoms with Crippen molar-refractivity contribution in [3.8, 4) is 0 Å². The van der Waals surface area contributed by atoms with Crippen molar-refractivity contribution in [1.82, 2.24) is 9.88 Å². The van der Waals surface area contributed by atoms with E-state index in [1.165, 1.54) is 6.07 Å². The van der Waals surface area contributed by atoms with Gasteiger partial charge in [-0.05, 0) is 43.7 Å². The van der Waals surface area contributed by atoms with Crippen LogP contribution in [0.2, 0.25) is 0 Å². The topological polar surface area (TPSA) is 90.5 Å². The van der Waals surface area contributed by atoms with E-state index in [4.69, 9.17) is 5.11 Å². The van der Waals surface area contributed by atoms with E-state index < -0.39 is 42.0 Å². The lowest BCUT2D eigenvalue weighted by atomic mass is 9.86. The number of likely N-dealkylation sites (tertiary alicyclic amines) is 1. The zero-order chi connectivity index (χ0) is 18.4. The van der Waals surface area contributed by atoms with Gasteiger partial charge in [-0.25, -0.2) is 0 Å². The third-order valence-electron chi connectivity index (χ3n) is 5.08. The number of carboxylic acids is 1. The summed E-state index contributed by atoms with van der Waals surface area (Å²) in [5.74, 6) is -2.86. The van der Waals surface area contributed by atoms with Crippen molar-refractivity contribution in [3.63, 3.8) is 0 Å². The van der Waals surface area contributed by atoms with Crippen molar-refractivity contribution in [2.24, 2.45) is 5.41 Å². The van der Waals surface area contributed by atoms with Gasteiger partial charge < -0.3 is 15.0 Å². The number of carbonyl (C=O) groups excluding carboxylic acids is 1. The fourth-order valence-electron chi connectivity index (χ4n) is 3.51. The Kier molecular flexibility index (Phi) is 4.12. The molecule has 1 aliphatic heterocycles. The third kappa shape index (κ3) is 2.81. The maximum atomic E-state index is 13.2. The van der Waals surface area contributed by atoms with Gasteiger partial charge in [0.1, 0.15) is 5.56 Å². The summed E-state index contributed by atoms with van der Waals surface area (Å²) in [4.78, 5) is 39.3. The minimum Gasteiger partial charge on any atom is -0.481 e. The predicted octanol–water partition coefficient (Wildman–Crippen LogP) is 1.73. The van der Waals surface area contributed by atoms with Gasteiger partial charge in [0.05, 0.1) is 0 Å². The first kappa shape index (κ1) is 17.5. The Morgan fingerprint density at radius 3 is 2.52 bits per heavy atom. The minimum absolute atomic E-state index is 0.232. The van der Waals surface area contributed by atoms with Crippen LogP contribution in [0.3, 0.4) is 0 Å². The number of carboxylic acid groups (broad SMARTS) is 1. The second kappa shape index (κ2) is 5.89. The van der Waals surface area contributed by atoms with E-state index in [1.54, 1.807) is 0 Å². The lowest BCUT2D eigenvalue weighted by Gasteiger charge is -2.27. The number of fused-ring (bicyclic) bond motifs is 1. The van der Waals surface area contributed by atoms with Gasteiger partial charge in [0.15, 0.2) is 5.41 Å². The van der Waals surface area contributed by atoms with E-state index in [1.807, 2.05) is 0 Å². The molecule has 2 aliphatic rings. The summed E-state index contributed by atoms with van der Waals surface area (Å²) in [5.41, 5.74) is -2.29. The number of rotatable bonds is 2. The number of nitrogens with zero attached hydrogens (tertiary/aromatic N) is 1. The number of pyridine rings is 1. The van der Waals surface area contributed by atoms with Crippen LogP contribution in [0.1, 0.15) is 40.9 Å². The molecule has 1 atom stereocenters. The summed E-state index contributed by atoms with van der Waals surface area (Å²) in [6.45, 7) is -1.34. The molecule has 2 heterocycles. The van der Waals surface area contributed by atoms with Gasteiger partial charge in [-0.3, -0.25) is 14.4 Å². The monoisotopic (exact) mass is 358 g/mol. The highest BCUT2D eigenvalue weighted by Gasteiger charge is 2.64. The molecule has 1 aromatic rings. The number of halogens is 3. The molecule has 0 saturated carbocycles. The van der Waals surface area contributed by atoms with Crippen LogP contribution in [0.4, 0.5) is 13.2 Å². The zero-order valence-corrected chi connectivity index (χ0v) is 13.3. The SMILES string of the molecule is O=C(c1cc2c([nH]c1=O)CCCC2)N1CCC(C(=O)O)(C(F)(F)F)C1. The molecule has 0 spiro atoms. The Morgan fingerprint density at radius 2 is 1.92 bits per heavy atom. The highest BCUT2D eigenvalue weighted by Crippen LogP contribution is 2.45. The molecule has 9 heteroatoms. The minimum atomic E-state index is -4.98. The molecule has 1 saturated heterocycles. The van der Waals surface area contributed by atoms with Gasteiger partial charge in [0.2, 0.25) is 0 Å². The molecule has 0 aromatic carbocycles. The molecule has 1 aliphatic carbocycles. The number of alkyl halides is 3. The van der Waals surface area contributed by atoms with Crippen molar-refractivity contribution in [1.29, 1.82) is 0 Å². The molecule has 0 radical (unpaired) electrons. The quantitative estimate of drug-likeness (QED) is 0.843. The zero-order valence-electron chi connectivity index (χ0n) is 13.3. The van der Waals surface area contributed by atoms with Crippen molar-refractivity contribution in [2.75, 3.05) is 13.1 Å². The summed E-state index contributed by atoms with van der Waals surface area (Å²) in [5, 5.41) is 9.06. The van der Waals surface area contributed by atoms with Crippen LogP contribution >= 0.6 is 0 Å². The van der Waals surface area contributed by atoms with Crippen molar-refractivity contribution in [3.05, 3.63) is 33.2 Å². The van der Waals surface area contributed by atoms with E-state index in [9.17, 15) is 27.6 Å². The van der Waals surface area contributed by atoms with Crippen LogP contribution in [-0.4, -0.2) is 46.1 Å². The number of aromatic amines is 1. The van der Waals surface area contributed by atoms with Crippen LogP contribution in [0.15, 0.2) is 10.9 Å². The Balaban J connectivity index is 1.90. The smallest absolute Gasteiger partial charge is 0.406 e. The lowest BCUT2D eigenvalue weighted by Crippen LogP contribution is -2.48. The number of aliphatic carboxylic acids is 1. The van der Waals surface area contributed by atoms with E-state index >= 15 is 0 Å². The lowest BCUT2D eigenvalue weighted by molar-refractivity contribution is -0.227. The number of amides is 1. The standard InChI is InChI=1S/C16H17F3N2O4/c17-16(18,19)15(14(24)25)5-6-21(8-15)13(23)10-7-9-3-1-2-4-11(9)20-12(10)22/h7H,1-6,8H2,(H,20,22)(H,24,25). The van der Waals surface area contributed by atoms with Crippen LogP contribution in [0, 0.1) is 5.41 Å². The fourth-order valence-corrected chi connectivity index (χ4v) is 3.51. The molecule has 2 N–H and O–H groups in total. The molecule has 3 rings (SSSR count). The summed E-state index contributed by atoms with van der Waals surface area (Å²) >= 11 is 0. The van der Waals surface area contributed by atoms with Crippen LogP contribution in [0.25, 0.3) is 0 Å². The second-order valence-electron chi connectivity index (χ2n) is 6.58. The highest BCUT2D eigenvalue weighted by molar-refractivity contribution is 5.95. The first-order valence-electron chi connectivity index (χ1n) is 8.00. The Hall–Kier alpha value is -2.32. The molecule has 25 heavy (non-hydrogen) atoms. The fraction of sp³-hybridized carbons (Fsp3) is 0.562. The Morgan fingerprint density at radius 1 is 1.24 bits per heavy atom. The maximum absolute atomic E-state index is 13.2. The number of hydrogen-bond acceptors (Lipinski definition) is 3. The first-order chi connectivity index (χ1) is 11.7. The van der Waals surface area contributed by atoms with Gasteiger partial charge in [-0.1, -0.05) is 0 Å². The molecular weight excluding hydrogens is 341 g/mol. The molecule has 136 valence electrons. The second-order valence-corrected chi connectivity index (χ2v) is 6.58. The highest BCUT2D eigenvalue weighted by atomic mass is 19.4. The molecule has 0 bridgehead atoms. The van der Waals surface area contributed by atoms with Gasteiger partial charge in [-0.2, -0.15) is 13.2 Å². The van der Waals surface area contributed by atoms with Crippen LogP contribution in [0.5, 0.6) is 0 Å². The average molecular weight is 358 g/mol. The summed E-state index contributed by atoms with van der Waals surface area (Å²) in [6, 6.07) is 1.43. The van der Waals surface area contributed by atoms with Crippen molar-refractivity contribution in [2.45, 2.75) is 38.3 Å². The molecule has 6 nitrogen and oxygen atoms in total. The molecular formula is C16H17F3N2O4. The van der Waals surface area contributed by atoms with Gasteiger partial charge >= 0.3 is 12.1 Å². The third-order valence-corrected chi connectivity index (χ3v) is 5.08. The number of nitrogens with one attached hydrogen (secondary N) is 1. The first-order valence-corrected chi connectivity index (χ1v) is 8.00. The molecule has 1 fully saturated rings. The molecule has 1 amide bonds. The van der Waals surface area contributed by atoms with Crippen molar-refractivity contribution < 1.29 is 27.9 Å². The van der Waals surface area contributed by atoms with Gasteiger partial charge in [-0.15, -0.1) is 0 Å². The summed E-state index contributed by atoms with van der Waals surface area (Å²) in [6.07, 6.45) is -2.48. The van der Waals surface area contributed by atoms with Crippen LogP contribution in [-0.2, 0) is 17.6 Å². The number of aromatic nitrogens is 1. The van der Waals surface area contributed by atoms with E-state index in [2.05, 4.69) is 4.98 Å². The van der Waals surface area contributed by atoms with E-state index in [0.717, 1.165) is 29.0 Å². The number of carbonyl (C=O) groups is 2. The molecule has 1 aromatic heterocycles. The maximum Gasteiger partial charge on any atom is 0.406 e. The summed E-state index contributed by atoms with van der Waals surface area (Å²) < 4.78 is 39.7. The normalized spacial score (nSPS) is 23.4. The van der Waals surface area contributed by atoms with Gasteiger partial charge in [0, 0.05) is 18.8 Å². The predicted molar refractivity (Wildman–Crippen MR) is 80.3 cm³/mol. The summed E-state index contributed by atoms with van der Waals surface area (Å²) in [7, 11) is 0. The molecule has 1 unspecified atom stereocenters. The average Bonchev–Trinajstić information content (AvgIpc) is 3.00. The van der Waals surface area contributed by atoms with Gasteiger partial charge in [0.25, 0.3) is 11.5 Å². The number of hydrogen-bond donors (Lipinski definition) is 2. The number of aryl methyl sites for hydroxylation is 2. The number of H-pyrrole nitrogens is 1. The van der Waals surface area contributed by atoms with E-state index in [-0.39, 0.29) is 12.1 Å². The van der Waals surface area contributed by atoms with Crippen LogP contribution < -0.4 is 5.56 Å². The van der Waals surface area contributed by atoms with Crippen molar-refractivity contribution >= 4 is 11.9 Å². The largest absolute Gasteiger partial charge is 0.481 e. The Bertz CT molecular complexity index is 787.